The molecule has 10 heavy (non-hydrogen) atoms. The Hall–Kier alpha value is -0.700. The van der Waals surface area contributed by atoms with E-state index in [9.17, 15) is 4.79 Å². The van der Waals surface area contributed by atoms with Gasteiger partial charge < -0.3 is 5.32 Å². The first-order chi connectivity index (χ1) is 4.81. The van der Waals surface area contributed by atoms with E-state index in [1.165, 1.54) is 11.8 Å². The van der Waals surface area contributed by atoms with Gasteiger partial charge >= 0.3 is 0 Å². The Morgan fingerprint density at radius 2 is 2.20 bits per heavy atom. The highest BCUT2D eigenvalue weighted by atomic mass is 32.2. The number of carbonyl (C=O) groups is 1. The molecule has 0 fully saturated rings. The molecule has 1 amide bonds. The molecule has 0 aromatic heterocycles. The molecule has 0 spiro atoms. The molecule has 0 heterocycles. The van der Waals surface area contributed by atoms with Gasteiger partial charge in [0.1, 0.15) is 0 Å². The molecule has 0 unspecified atom stereocenters. The predicted octanol–water partition coefficient (Wildman–Crippen LogP) is 1.80. The molecule has 1 N–H and O–H groups in total. The lowest BCUT2D eigenvalue weighted by Gasteiger charge is -1.97. The molecule has 0 aromatic carbocycles. The summed E-state index contributed by atoms with van der Waals surface area (Å²) in [5, 5.41) is 2.60. The van der Waals surface area contributed by atoms with E-state index in [4.69, 9.17) is 0 Å². The normalized spacial score (nSPS) is 8.40. The fraction of sp³-hybridized carbons (Fsp3) is 0.286. The van der Waals surface area contributed by atoms with Gasteiger partial charge in [-0.05, 0) is 0 Å². The Labute approximate surface area is 65.4 Å². The molecule has 0 saturated carbocycles. The van der Waals surface area contributed by atoms with Crippen LogP contribution < -0.4 is 5.32 Å². The smallest absolute Gasteiger partial charge is 0.279 e. The lowest BCUT2D eigenvalue weighted by Crippen LogP contribution is -2.18. The molecule has 0 saturated heterocycles. The average molecular weight is 157 g/mol. The van der Waals surface area contributed by atoms with Crippen LogP contribution in [0.2, 0.25) is 0 Å². The van der Waals surface area contributed by atoms with Crippen molar-refractivity contribution in [2.75, 3.05) is 12.3 Å². The summed E-state index contributed by atoms with van der Waals surface area (Å²) in [5.74, 6) is 0.656. The van der Waals surface area contributed by atoms with Gasteiger partial charge in [0.05, 0.1) is 0 Å². The van der Waals surface area contributed by atoms with Crippen molar-refractivity contribution in [1.82, 2.24) is 5.32 Å². The predicted molar refractivity (Wildman–Crippen MR) is 46.3 cm³/mol. The molecular formula is C7H11NOS. The van der Waals surface area contributed by atoms with Gasteiger partial charge in [-0.25, -0.2) is 0 Å². The van der Waals surface area contributed by atoms with Crippen molar-refractivity contribution >= 4 is 17.0 Å². The third kappa shape index (κ3) is 5.44. The highest BCUT2D eigenvalue weighted by Gasteiger charge is 1.95. The molecule has 3 heteroatoms. The number of nitrogens with one attached hydrogen (secondary N) is 1. The minimum absolute atomic E-state index is 0.0280. The van der Waals surface area contributed by atoms with Crippen LogP contribution in [0.1, 0.15) is 0 Å². The van der Waals surface area contributed by atoms with E-state index in [-0.39, 0.29) is 5.24 Å². The fourth-order valence-corrected chi connectivity index (χ4v) is 0.796. The molecule has 0 bridgehead atoms. The first kappa shape index (κ1) is 9.30. The van der Waals surface area contributed by atoms with Crippen LogP contribution >= 0.6 is 11.8 Å². The van der Waals surface area contributed by atoms with Crippen LogP contribution in [0.3, 0.4) is 0 Å². The minimum Gasteiger partial charge on any atom is -0.344 e. The summed E-state index contributed by atoms with van der Waals surface area (Å²) in [7, 11) is 0. The maximum Gasteiger partial charge on any atom is 0.279 e. The van der Waals surface area contributed by atoms with Crippen molar-refractivity contribution in [3.63, 3.8) is 0 Å². The molecular weight excluding hydrogens is 146 g/mol. The number of thioether (sulfide) groups is 1. The maximum absolute atomic E-state index is 10.7. The quantitative estimate of drug-likeness (QED) is 0.630. The Bertz CT molecular complexity index is 120. The van der Waals surface area contributed by atoms with Gasteiger partial charge in [-0.15, -0.1) is 13.2 Å². The maximum atomic E-state index is 10.7. The van der Waals surface area contributed by atoms with Crippen molar-refractivity contribution in [1.29, 1.82) is 0 Å². The summed E-state index contributed by atoms with van der Waals surface area (Å²) in [6, 6.07) is 0. The lowest BCUT2D eigenvalue weighted by atomic mass is 10.6. The van der Waals surface area contributed by atoms with Crippen molar-refractivity contribution in [3.8, 4) is 0 Å². The van der Waals surface area contributed by atoms with Crippen molar-refractivity contribution in [3.05, 3.63) is 25.3 Å². The van der Waals surface area contributed by atoms with E-state index >= 15 is 0 Å². The van der Waals surface area contributed by atoms with Crippen LogP contribution in [-0.2, 0) is 0 Å². The van der Waals surface area contributed by atoms with Gasteiger partial charge in [0.2, 0.25) is 0 Å². The van der Waals surface area contributed by atoms with Crippen LogP contribution in [0, 0.1) is 0 Å². The van der Waals surface area contributed by atoms with E-state index < -0.39 is 0 Å². The Morgan fingerprint density at radius 1 is 1.50 bits per heavy atom. The van der Waals surface area contributed by atoms with Crippen LogP contribution in [0.4, 0.5) is 4.79 Å². The number of rotatable bonds is 4. The molecule has 0 aliphatic carbocycles. The summed E-state index contributed by atoms with van der Waals surface area (Å²) in [4.78, 5) is 10.7. The van der Waals surface area contributed by atoms with Crippen LogP contribution in [0.25, 0.3) is 0 Å². The van der Waals surface area contributed by atoms with Crippen molar-refractivity contribution in [2.45, 2.75) is 0 Å². The topological polar surface area (TPSA) is 29.1 Å². The summed E-state index contributed by atoms with van der Waals surface area (Å²) < 4.78 is 0. The summed E-state index contributed by atoms with van der Waals surface area (Å²) in [6.45, 7) is 7.49. The van der Waals surface area contributed by atoms with E-state index in [0.717, 1.165) is 0 Å². The molecule has 0 radical (unpaired) electrons. The van der Waals surface area contributed by atoms with Crippen LogP contribution in [0.5, 0.6) is 0 Å². The van der Waals surface area contributed by atoms with Gasteiger partial charge in [-0.3, -0.25) is 4.79 Å². The second-order valence-corrected chi connectivity index (χ2v) is 2.55. The molecule has 0 atom stereocenters. The lowest BCUT2D eigenvalue weighted by molar-refractivity contribution is 0.261. The SMILES string of the molecule is C=CCNC(=O)SCC=C. The minimum atomic E-state index is -0.0280. The third-order valence-corrected chi connectivity index (χ3v) is 1.53. The number of carbonyl (C=O) groups excluding carboxylic acids is 1. The molecule has 0 aliphatic rings. The second kappa shape index (κ2) is 6.42. The number of hydrogen-bond acceptors (Lipinski definition) is 2. The van der Waals surface area contributed by atoms with Gasteiger partial charge in [0.15, 0.2) is 0 Å². The molecule has 0 aromatic rings. The van der Waals surface area contributed by atoms with E-state index in [1.54, 1.807) is 12.2 Å². The summed E-state index contributed by atoms with van der Waals surface area (Å²) in [6.07, 6.45) is 3.34. The van der Waals surface area contributed by atoms with E-state index in [2.05, 4.69) is 18.5 Å². The Balaban J connectivity index is 3.24. The Kier molecular flexibility index (Phi) is 5.97. The first-order valence-corrected chi connectivity index (χ1v) is 3.92. The molecule has 56 valence electrons. The zero-order valence-corrected chi connectivity index (χ0v) is 6.62. The van der Waals surface area contributed by atoms with Gasteiger partial charge in [-0.1, -0.05) is 23.9 Å². The van der Waals surface area contributed by atoms with Crippen LogP contribution in [0.15, 0.2) is 25.3 Å². The highest BCUT2D eigenvalue weighted by molar-refractivity contribution is 8.13. The highest BCUT2D eigenvalue weighted by Crippen LogP contribution is 1.99. The average Bonchev–Trinajstić information content (AvgIpc) is 1.97. The third-order valence-electron chi connectivity index (χ3n) is 0.723. The Morgan fingerprint density at radius 3 is 2.70 bits per heavy atom. The molecule has 2 nitrogen and oxygen atoms in total. The molecule has 0 rings (SSSR count). The van der Waals surface area contributed by atoms with Crippen molar-refractivity contribution in [2.24, 2.45) is 0 Å². The summed E-state index contributed by atoms with van der Waals surface area (Å²) in [5.41, 5.74) is 0. The van der Waals surface area contributed by atoms with Crippen LogP contribution in [-0.4, -0.2) is 17.5 Å². The zero-order chi connectivity index (χ0) is 7.82. The second-order valence-electron chi connectivity index (χ2n) is 1.56. The van der Waals surface area contributed by atoms with Gasteiger partial charge in [0, 0.05) is 12.3 Å². The number of amides is 1. The first-order valence-electron chi connectivity index (χ1n) is 2.93. The monoisotopic (exact) mass is 157 g/mol. The van der Waals surface area contributed by atoms with Gasteiger partial charge in [0.25, 0.3) is 5.24 Å². The zero-order valence-electron chi connectivity index (χ0n) is 5.80. The summed E-state index contributed by atoms with van der Waals surface area (Å²) >= 11 is 1.20. The fourth-order valence-electron chi connectivity index (χ4n) is 0.341. The largest absolute Gasteiger partial charge is 0.344 e. The molecule has 0 aliphatic heterocycles. The number of hydrogen-bond donors (Lipinski definition) is 1. The van der Waals surface area contributed by atoms with E-state index in [0.29, 0.717) is 12.3 Å². The van der Waals surface area contributed by atoms with Crippen molar-refractivity contribution < 1.29 is 4.79 Å². The standard InChI is InChI=1S/C7H11NOS/c1-3-5-8-7(9)10-6-4-2/h3-4H,1-2,5-6H2,(H,8,9). The van der Waals surface area contributed by atoms with E-state index in [1.807, 2.05) is 0 Å². The van der Waals surface area contributed by atoms with Gasteiger partial charge in [-0.2, -0.15) is 0 Å².